The Labute approximate surface area is 149 Å². The quantitative estimate of drug-likeness (QED) is 0.582. The summed E-state index contributed by atoms with van der Waals surface area (Å²) in [5.74, 6) is 0.603. The number of ketones is 1. The van der Waals surface area contributed by atoms with Crippen LogP contribution in [-0.4, -0.2) is 10.4 Å². The number of Topliss-reactive ketones (excluding diaryl/α,β-unsaturated/α-hetero) is 1. The molecule has 0 fully saturated rings. The number of benzene rings is 2. The van der Waals surface area contributed by atoms with Crippen LogP contribution in [0.4, 0.5) is 0 Å². The smallest absolute Gasteiger partial charge is 0.163 e. The number of fused-ring (bicyclic) bond motifs is 3. The van der Waals surface area contributed by atoms with E-state index in [-0.39, 0.29) is 5.78 Å². The summed E-state index contributed by atoms with van der Waals surface area (Å²) in [7, 11) is 2.17. The molecule has 2 nitrogen and oxygen atoms in total. The molecule has 1 heterocycles. The van der Waals surface area contributed by atoms with E-state index >= 15 is 0 Å². The zero-order valence-electron chi connectivity index (χ0n) is 15.3. The lowest BCUT2D eigenvalue weighted by Gasteiger charge is -2.24. The third kappa shape index (κ3) is 2.70. The first-order chi connectivity index (χ1) is 12.1. The van der Waals surface area contributed by atoms with E-state index in [0.717, 1.165) is 18.4 Å². The maximum Gasteiger partial charge on any atom is 0.163 e. The van der Waals surface area contributed by atoms with Crippen LogP contribution in [0.5, 0.6) is 0 Å². The summed E-state index contributed by atoms with van der Waals surface area (Å²) >= 11 is 0. The van der Waals surface area contributed by atoms with E-state index < -0.39 is 0 Å². The van der Waals surface area contributed by atoms with Crippen molar-refractivity contribution < 1.29 is 4.79 Å². The Morgan fingerprint density at radius 1 is 1.12 bits per heavy atom. The van der Waals surface area contributed by atoms with Gasteiger partial charge in [-0.1, -0.05) is 42.0 Å². The Morgan fingerprint density at radius 2 is 1.88 bits per heavy atom. The van der Waals surface area contributed by atoms with Crippen LogP contribution < -0.4 is 0 Å². The molecule has 0 aliphatic heterocycles. The average molecular weight is 331 g/mol. The van der Waals surface area contributed by atoms with Crippen molar-refractivity contribution in [1.29, 1.82) is 0 Å². The predicted octanol–water partition coefficient (Wildman–Crippen LogP) is 5.49. The molecule has 1 atom stereocenters. The molecule has 4 rings (SSSR count). The van der Waals surface area contributed by atoms with Crippen LogP contribution in [-0.2, 0) is 13.5 Å². The number of aromatic nitrogens is 1. The molecule has 3 aromatic rings. The zero-order valence-corrected chi connectivity index (χ0v) is 15.3. The van der Waals surface area contributed by atoms with E-state index in [1.165, 1.54) is 39.7 Å². The largest absolute Gasteiger partial charge is 0.347 e. The SMILES string of the molecule is Cc1ccc(C(=O)CC2CCCc3c2c2c(C)cccc2n3C)cc1. The highest BCUT2D eigenvalue weighted by molar-refractivity contribution is 5.97. The zero-order chi connectivity index (χ0) is 17.6. The Balaban J connectivity index is 1.74. The molecular formula is C23H25NO. The molecule has 0 bridgehead atoms. The molecular weight excluding hydrogens is 306 g/mol. The minimum Gasteiger partial charge on any atom is -0.347 e. The highest BCUT2D eigenvalue weighted by Gasteiger charge is 2.28. The van der Waals surface area contributed by atoms with Gasteiger partial charge in [-0.05, 0) is 56.2 Å². The second kappa shape index (κ2) is 6.18. The van der Waals surface area contributed by atoms with E-state index in [4.69, 9.17) is 0 Å². The summed E-state index contributed by atoms with van der Waals surface area (Å²) in [6, 6.07) is 14.5. The third-order valence-corrected chi connectivity index (χ3v) is 5.78. The summed E-state index contributed by atoms with van der Waals surface area (Å²) in [6.07, 6.45) is 4.01. The Bertz CT molecular complexity index is 946. The first-order valence-corrected chi connectivity index (χ1v) is 9.23. The molecule has 1 aromatic heterocycles. The van der Waals surface area contributed by atoms with Gasteiger partial charge in [-0.15, -0.1) is 0 Å². The van der Waals surface area contributed by atoms with E-state index in [9.17, 15) is 4.79 Å². The Hall–Kier alpha value is -2.35. The van der Waals surface area contributed by atoms with Gasteiger partial charge in [0, 0.05) is 35.6 Å². The molecule has 2 heteroatoms. The van der Waals surface area contributed by atoms with E-state index in [1.54, 1.807) is 0 Å². The van der Waals surface area contributed by atoms with Crippen LogP contribution >= 0.6 is 0 Å². The molecule has 0 radical (unpaired) electrons. The van der Waals surface area contributed by atoms with E-state index in [0.29, 0.717) is 12.3 Å². The van der Waals surface area contributed by atoms with Gasteiger partial charge < -0.3 is 4.57 Å². The maximum atomic E-state index is 12.9. The van der Waals surface area contributed by atoms with Crippen LogP contribution in [0, 0.1) is 13.8 Å². The van der Waals surface area contributed by atoms with Crippen LogP contribution in [0.1, 0.15) is 57.9 Å². The highest BCUT2D eigenvalue weighted by Crippen LogP contribution is 2.42. The number of aryl methyl sites for hydroxylation is 3. The van der Waals surface area contributed by atoms with Gasteiger partial charge in [-0.2, -0.15) is 0 Å². The van der Waals surface area contributed by atoms with Crippen molar-refractivity contribution in [2.24, 2.45) is 7.05 Å². The topological polar surface area (TPSA) is 22.0 Å². The summed E-state index contributed by atoms with van der Waals surface area (Å²) in [4.78, 5) is 12.9. The predicted molar refractivity (Wildman–Crippen MR) is 103 cm³/mol. The third-order valence-electron chi connectivity index (χ3n) is 5.78. The molecule has 0 amide bonds. The van der Waals surface area contributed by atoms with Crippen LogP contribution in [0.3, 0.4) is 0 Å². The van der Waals surface area contributed by atoms with Crippen molar-refractivity contribution in [3.05, 3.63) is 70.4 Å². The van der Waals surface area contributed by atoms with Gasteiger partial charge >= 0.3 is 0 Å². The lowest BCUT2D eigenvalue weighted by molar-refractivity contribution is 0.0971. The molecule has 2 aromatic carbocycles. The van der Waals surface area contributed by atoms with Crippen molar-refractivity contribution >= 4 is 16.7 Å². The molecule has 25 heavy (non-hydrogen) atoms. The highest BCUT2D eigenvalue weighted by atomic mass is 16.1. The number of nitrogens with zero attached hydrogens (tertiary/aromatic N) is 1. The number of carbonyl (C=O) groups is 1. The summed E-state index contributed by atoms with van der Waals surface area (Å²) in [5, 5.41) is 1.38. The molecule has 1 aliphatic rings. The Morgan fingerprint density at radius 3 is 2.64 bits per heavy atom. The van der Waals surface area contributed by atoms with Gasteiger partial charge in [0.1, 0.15) is 0 Å². The molecule has 1 unspecified atom stereocenters. The number of hydrogen-bond acceptors (Lipinski definition) is 1. The first-order valence-electron chi connectivity index (χ1n) is 9.23. The molecule has 0 N–H and O–H groups in total. The standard InChI is InChI=1S/C23H25NO/c1-15-10-12-17(13-11-15)21(25)14-18-7-5-9-20-23(18)22-16(2)6-4-8-19(22)24(20)3/h4,6,8,10-13,18H,5,7,9,14H2,1-3H3. The van der Waals surface area contributed by atoms with Crippen LogP contribution in [0.15, 0.2) is 42.5 Å². The van der Waals surface area contributed by atoms with E-state index in [2.05, 4.69) is 43.7 Å². The van der Waals surface area contributed by atoms with Gasteiger partial charge in [-0.3, -0.25) is 4.79 Å². The molecule has 0 saturated carbocycles. The lowest BCUT2D eigenvalue weighted by Crippen LogP contribution is -2.15. The molecule has 0 spiro atoms. The number of rotatable bonds is 3. The second-order valence-corrected chi connectivity index (χ2v) is 7.47. The number of hydrogen-bond donors (Lipinski definition) is 0. The van der Waals surface area contributed by atoms with Gasteiger partial charge in [0.25, 0.3) is 0 Å². The monoisotopic (exact) mass is 331 g/mol. The van der Waals surface area contributed by atoms with Crippen molar-refractivity contribution in [3.63, 3.8) is 0 Å². The van der Waals surface area contributed by atoms with Crippen molar-refractivity contribution in [2.75, 3.05) is 0 Å². The summed E-state index contributed by atoms with van der Waals surface area (Å²) in [5.41, 5.74) is 7.53. The maximum absolute atomic E-state index is 12.9. The van der Waals surface area contributed by atoms with Crippen molar-refractivity contribution in [1.82, 2.24) is 4.57 Å². The summed E-state index contributed by atoms with van der Waals surface area (Å²) in [6.45, 7) is 4.25. The number of carbonyl (C=O) groups excluding carboxylic acids is 1. The minimum absolute atomic E-state index is 0.267. The fourth-order valence-corrected chi connectivity index (χ4v) is 4.44. The normalized spacial score (nSPS) is 16.8. The van der Waals surface area contributed by atoms with Gasteiger partial charge in [0.2, 0.25) is 0 Å². The average Bonchev–Trinajstić information content (AvgIpc) is 2.91. The van der Waals surface area contributed by atoms with Gasteiger partial charge in [-0.25, -0.2) is 0 Å². The summed E-state index contributed by atoms with van der Waals surface area (Å²) < 4.78 is 2.35. The first kappa shape index (κ1) is 16.1. The van der Waals surface area contributed by atoms with Crippen LogP contribution in [0.25, 0.3) is 10.9 Å². The fourth-order valence-electron chi connectivity index (χ4n) is 4.44. The lowest BCUT2D eigenvalue weighted by atomic mass is 9.80. The minimum atomic E-state index is 0.267. The van der Waals surface area contributed by atoms with Gasteiger partial charge in [0.15, 0.2) is 5.78 Å². The fraction of sp³-hybridized carbons (Fsp3) is 0.348. The van der Waals surface area contributed by atoms with E-state index in [1.807, 2.05) is 24.3 Å². The van der Waals surface area contributed by atoms with Crippen molar-refractivity contribution in [2.45, 2.75) is 45.4 Å². The molecule has 0 saturated heterocycles. The Kier molecular flexibility index (Phi) is 3.99. The molecule has 1 aliphatic carbocycles. The molecule has 128 valence electrons. The van der Waals surface area contributed by atoms with Crippen LogP contribution in [0.2, 0.25) is 0 Å². The second-order valence-electron chi connectivity index (χ2n) is 7.47. The van der Waals surface area contributed by atoms with Crippen molar-refractivity contribution in [3.8, 4) is 0 Å². The van der Waals surface area contributed by atoms with Gasteiger partial charge in [0.05, 0.1) is 0 Å².